The van der Waals surface area contributed by atoms with Crippen molar-refractivity contribution in [3.05, 3.63) is 11.1 Å². The lowest BCUT2D eigenvalue weighted by atomic mass is 10.2. The van der Waals surface area contributed by atoms with Crippen molar-refractivity contribution in [3.8, 4) is 0 Å². The molecule has 112 valence electrons. The van der Waals surface area contributed by atoms with Gasteiger partial charge in [0.15, 0.2) is 5.13 Å². The molecule has 1 heterocycles. The Bertz CT molecular complexity index is 434. The maximum Gasteiger partial charge on any atom is 0.303 e. The summed E-state index contributed by atoms with van der Waals surface area (Å²) in [5, 5.41) is 13.7. The highest BCUT2D eigenvalue weighted by Crippen LogP contribution is 2.17. The Morgan fingerprint density at radius 2 is 2.20 bits per heavy atom. The first-order valence-electron chi connectivity index (χ1n) is 6.65. The smallest absolute Gasteiger partial charge is 0.303 e. The minimum atomic E-state index is -0.803. The Kier molecular flexibility index (Phi) is 7.82. The van der Waals surface area contributed by atoms with Gasteiger partial charge in [0.1, 0.15) is 0 Å². The quantitative estimate of drug-likeness (QED) is 0.647. The summed E-state index contributed by atoms with van der Waals surface area (Å²) in [7, 11) is 0. The van der Waals surface area contributed by atoms with E-state index in [1.54, 1.807) is 0 Å². The van der Waals surface area contributed by atoms with Gasteiger partial charge < -0.3 is 15.2 Å². The summed E-state index contributed by atoms with van der Waals surface area (Å²) < 4.78 is 5.16. The number of carboxylic acid groups (broad SMARTS) is 1. The van der Waals surface area contributed by atoms with Crippen LogP contribution in [0.15, 0.2) is 5.38 Å². The lowest BCUT2D eigenvalue weighted by molar-refractivity contribution is -0.137. The number of thiazole rings is 1. The van der Waals surface area contributed by atoms with Crippen molar-refractivity contribution in [1.29, 1.82) is 0 Å². The standard InChI is InChI=1S/C13H20N2O4S/c1-2-19-8-4-6-11(16)15-13-14-10(9-20-13)5-3-7-12(17)18/h9H,2-8H2,1H3,(H,17,18)(H,14,15,16). The highest BCUT2D eigenvalue weighted by molar-refractivity contribution is 7.13. The summed E-state index contributed by atoms with van der Waals surface area (Å²) in [5.74, 6) is -0.876. The molecule has 0 bridgehead atoms. The Morgan fingerprint density at radius 3 is 2.90 bits per heavy atom. The minimum Gasteiger partial charge on any atom is -0.481 e. The van der Waals surface area contributed by atoms with Crippen LogP contribution in [0, 0.1) is 0 Å². The van der Waals surface area contributed by atoms with Crippen LogP contribution in [0.2, 0.25) is 0 Å². The van der Waals surface area contributed by atoms with Gasteiger partial charge in [-0.25, -0.2) is 4.98 Å². The van der Waals surface area contributed by atoms with E-state index in [0.717, 1.165) is 5.69 Å². The number of anilines is 1. The predicted molar refractivity (Wildman–Crippen MR) is 77.0 cm³/mol. The summed E-state index contributed by atoms with van der Waals surface area (Å²) >= 11 is 1.36. The number of aliphatic carboxylic acids is 1. The van der Waals surface area contributed by atoms with Gasteiger partial charge in [-0.2, -0.15) is 0 Å². The molecular weight excluding hydrogens is 280 g/mol. The number of hydrogen-bond donors (Lipinski definition) is 2. The van der Waals surface area contributed by atoms with Gasteiger partial charge in [0, 0.05) is 31.4 Å². The molecule has 1 aromatic heterocycles. The molecule has 1 aromatic rings. The lowest BCUT2D eigenvalue weighted by Crippen LogP contribution is -2.12. The molecule has 0 aromatic carbocycles. The van der Waals surface area contributed by atoms with Crippen LogP contribution in [0.4, 0.5) is 5.13 Å². The van der Waals surface area contributed by atoms with Crippen LogP contribution in [0.5, 0.6) is 0 Å². The second kappa shape index (κ2) is 9.44. The topological polar surface area (TPSA) is 88.5 Å². The first kappa shape index (κ1) is 16.6. The summed E-state index contributed by atoms with van der Waals surface area (Å²) in [6, 6.07) is 0. The maximum atomic E-state index is 11.6. The Labute approximate surface area is 122 Å². The molecule has 0 atom stereocenters. The average molecular weight is 300 g/mol. The predicted octanol–water partition coefficient (Wildman–Crippen LogP) is 2.31. The van der Waals surface area contributed by atoms with Crippen molar-refractivity contribution in [2.75, 3.05) is 18.5 Å². The van der Waals surface area contributed by atoms with Crippen LogP contribution in [0.3, 0.4) is 0 Å². The number of aromatic nitrogens is 1. The number of carbonyl (C=O) groups excluding carboxylic acids is 1. The molecule has 0 fully saturated rings. The number of ether oxygens (including phenoxy) is 1. The fraction of sp³-hybridized carbons (Fsp3) is 0.615. The highest BCUT2D eigenvalue weighted by Gasteiger charge is 2.07. The van der Waals surface area contributed by atoms with Gasteiger partial charge in [-0.15, -0.1) is 11.3 Å². The maximum absolute atomic E-state index is 11.6. The van der Waals surface area contributed by atoms with E-state index in [1.807, 2.05) is 12.3 Å². The normalized spacial score (nSPS) is 10.4. The van der Waals surface area contributed by atoms with Crippen LogP contribution >= 0.6 is 11.3 Å². The van der Waals surface area contributed by atoms with E-state index in [0.29, 0.717) is 44.0 Å². The van der Waals surface area contributed by atoms with Gasteiger partial charge in [-0.05, 0) is 26.2 Å². The molecule has 0 spiro atoms. The zero-order valence-electron chi connectivity index (χ0n) is 11.6. The lowest BCUT2D eigenvalue weighted by Gasteiger charge is -2.02. The van der Waals surface area contributed by atoms with E-state index in [9.17, 15) is 9.59 Å². The molecule has 1 amide bonds. The van der Waals surface area contributed by atoms with Gasteiger partial charge in [0.2, 0.25) is 5.91 Å². The molecule has 6 nitrogen and oxygen atoms in total. The van der Waals surface area contributed by atoms with Crippen LogP contribution in [-0.2, 0) is 20.7 Å². The highest BCUT2D eigenvalue weighted by atomic mass is 32.1. The number of amides is 1. The van der Waals surface area contributed by atoms with Crippen LogP contribution in [0.25, 0.3) is 0 Å². The number of rotatable bonds is 10. The van der Waals surface area contributed by atoms with Crippen molar-refractivity contribution in [2.24, 2.45) is 0 Å². The molecule has 7 heteroatoms. The van der Waals surface area contributed by atoms with E-state index in [1.165, 1.54) is 11.3 Å². The molecule has 20 heavy (non-hydrogen) atoms. The number of carbonyl (C=O) groups is 2. The SMILES string of the molecule is CCOCCCC(=O)Nc1nc(CCCC(=O)O)cs1. The number of nitrogens with zero attached hydrogens (tertiary/aromatic N) is 1. The fourth-order valence-corrected chi connectivity index (χ4v) is 2.32. The van der Waals surface area contributed by atoms with Crippen molar-refractivity contribution in [1.82, 2.24) is 4.98 Å². The van der Waals surface area contributed by atoms with Crippen molar-refractivity contribution in [3.63, 3.8) is 0 Å². The van der Waals surface area contributed by atoms with Gasteiger partial charge in [0.05, 0.1) is 5.69 Å². The third-order valence-corrected chi connectivity index (χ3v) is 3.32. The monoisotopic (exact) mass is 300 g/mol. The number of carboxylic acids is 1. The van der Waals surface area contributed by atoms with Crippen LogP contribution in [0.1, 0.15) is 38.3 Å². The Balaban J connectivity index is 2.25. The second-order valence-electron chi connectivity index (χ2n) is 4.24. The molecule has 0 saturated heterocycles. The fourth-order valence-electron chi connectivity index (χ4n) is 1.56. The summed E-state index contributed by atoms with van der Waals surface area (Å²) in [4.78, 5) is 26.3. The number of hydrogen-bond acceptors (Lipinski definition) is 5. The molecule has 1 rings (SSSR count). The largest absolute Gasteiger partial charge is 0.481 e. The molecular formula is C13H20N2O4S. The first-order valence-corrected chi connectivity index (χ1v) is 7.53. The van der Waals surface area contributed by atoms with E-state index in [-0.39, 0.29) is 12.3 Å². The van der Waals surface area contributed by atoms with E-state index >= 15 is 0 Å². The van der Waals surface area contributed by atoms with Crippen molar-refractivity contribution < 1.29 is 19.4 Å². The number of nitrogens with one attached hydrogen (secondary N) is 1. The zero-order chi connectivity index (χ0) is 14.8. The molecule has 0 aliphatic heterocycles. The summed E-state index contributed by atoms with van der Waals surface area (Å²) in [6.45, 7) is 3.16. The summed E-state index contributed by atoms with van der Waals surface area (Å²) in [6.07, 6.45) is 2.41. The Hall–Kier alpha value is -1.47. The van der Waals surface area contributed by atoms with Gasteiger partial charge in [-0.3, -0.25) is 9.59 Å². The molecule has 0 radical (unpaired) electrons. The van der Waals surface area contributed by atoms with Crippen LogP contribution in [-0.4, -0.2) is 35.2 Å². The van der Waals surface area contributed by atoms with Crippen molar-refractivity contribution >= 4 is 28.3 Å². The summed E-state index contributed by atoms with van der Waals surface area (Å²) in [5.41, 5.74) is 0.820. The second-order valence-corrected chi connectivity index (χ2v) is 5.10. The van der Waals surface area contributed by atoms with E-state index in [4.69, 9.17) is 9.84 Å². The van der Waals surface area contributed by atoms with Gasteiger partial charge >= 0.3 is 5.97 Å². The molecule has 0 aliphatic carbocycles. The Morgan fingerprint density at radius 1 is 1.40 bits per heavy atom. The minimum absolute atomic E-state index is 0.0730. The molecule has 0 aliphatic rings. The van der Waals surface area contributed by atoms with E-state index in [2.05, 4.69) is 10.3 Å². The molecule has 0 unspecified atom stereocenters. The van der Waals surface area contributed by atoms with Gasteiger partial charge in [0.25, 0.3) is 0 Å². The van der Waals surface area contributed by atoms with Crippen molar-refractivity contribution in [2.45, 2.75) is 39.0 Å². The van der Waals surface area contributed by atoms with E-state index < -0.39 is 5.97 Å². The molecule has 0 saturated carbocycles. The molecule has 2 N–H and O–H groups in total. The average Bonchev–Trinajstić information content (AvgIpc) is 2.82. The number of aryl methyl sites for hydroxylation is 1. The van der Waals surface area contributed by atoms with Crippen LogP contribution < -0.4 is 5.32 Å². The third-order valence-electron chi connectivity index (χ3n) is 2.52. The van der Waals surface area contributed by atoms with Gasteiger partial charge in [-0.1, -0.05) is 0 Å². The first-order chi connectivity index (χ1) is 9.61. The third kappa shape index (κ3) is 7.20. The zero-order valence-corrected chi connectivity index (χ0v) is 12.4.